The van der Waals surface area contributed by atoms with E-state index in [4.69, 9.17) is 5.10 Å². The fourth-order valence-electron chi connectivity index (χ4n) is 4.10. The molecule has 1 fully saturated rings. The van der Waals surface area contributed by atoms with Gasteiger partial charge in [0, 0.05) is 11.6 Å². The minimum Gasteiger partial charge on any atom is -0.305 e. The van der Waals surface area contributed by atoms with Gasteiger partial charge in [-0.25, -0.2) is 17.8 Å². The number of hydrogen-bond donors (Lipinski definition) is 1. The number of carbonyl (C=O) groups excluding carboxylic acids is 1. The van der Waals surface area contributed by atoms with Crippen LogP contribution in [0.1, 0.15) is 28.6 Å². The van der Waals surface area contributed by atoms with Gasteiger partial charge in [-0.1, -0.05) is 48.5 Å². The summed E-state index contributed by atoms with van der Waals surface area (Å²) in [6, 6.07) is 22.3. The van der Waals surface area contributed by atoms with Crippen LogP contribution in [-0.4, -0.2) is 45.4 Å². The van der Waals surface area contributed by atoms with E-state index in [0.717, 1.165) is 11.3 Å². The highest BCUT2D eigenvalue weighted by Gasteiger charge is 2.31. The van der Waals surface area contributed by atoms with Crippen LogP contribution in [0, 0.1) is 6.92 Å². The second kappa shape index (κ2) is 8.32. The predicted molar refractivity (Wildman–Crippen MR) is 126 cm³/mol. The van der Waals surface area contributed by atoms with Gasteiger partial charge in [0.05, 0.1) is 34.6 Å². The topological polar surface area (TPSA) is 98.9 Å². The van der Waals surface area contributed by atoms with Crippen molar-refractivity contribution in [3.63, 3.8) is 0 Å². The Hall–Kier alpha value is -3.72. The SMILES string of the molecule is Cc1cc(NC(=O)c2cc(-c3ccccc3)nn2-c2ccccc2)n(C2CCS(=O)(=O)C2)n1. The van der Waals surface area contributed by atoms with Crippen molar-refractivity contribution in [2.24, 2.45) is 0 Å². The number of para-hydroxylation sites is 1. The minimum absolute atomic E-state index is 0.0249. The van der Waals surface area contributed by atoms with Crippen molar-refractivity contribution in [1.82, 2.24) is 19.6 Å². The number of carbonyl (C=O) groups is 1. The van der Waals surface area contributed by atoms with Gasteiger partial charge < -0.3 is 5.32 Å². The largest absolute Gasteiger partial charge is 0.305 e. The van der Waals surface area contributed by atoms with E-state index in [1.807, 2.05) is 67.6 Å². The molecule has 2 aromatic heterocycles. The first kappa shape index (κ1) is 21.1. The molecule has 8 nitrogen and oxygen atoms in total. The van der Waals surface area contributed by atoms with E-state index in [9.17, 15) is 13.2 Å². The molecule has 1 amide bonds. The van der Waals surface area contributed by atoms with Gasteiger partial charge in [-0.15, -0.1) is 0 Å². The summed E-state index contributed by atoms with van der Waals surface area (Å²) >= 11 is 0. The standard InChI is InChI=1S/C24H23N5O3S/c1-17-14-23(29(26-17)20-12-13-33(31,32)16-20)25-24(30)22-15-21(18-8-4-2-5-9-18)27-28(22)19-10-6-3-7-11-19/h2-11,14-15,20H,12-13,16H2,1H3,(H,25,30). The van der Waals surface area contributed by atoms with Crippen molar-refractivity contribution in [3.05, 3.63) is 84.2 Å². The number of rotatable bonds is 5. The number of hydrogen-bond acceptors (Lipinski definition) is 5. The number of amides is 1. The summed E-state index contributed by atoms with van der Waals surface area (Å²) in [4.78, 5) is 13.4. The summed E-state index contributed by atoms with van der Waals surface area (Å²) in [5, 5.41) is 12.1. The number of sulfone groups is 1. The Labute approximate surface area is 191 Å². The molecule has 1 aliphatic rings. The van der Waals surface area contributed by atoms with Crippen molar-refractivity contribution in [2.75, 3.05) is 16.8 Å². The maximum Gasteiger partial charge on any atom is 0.275 e. The van der Waals surface area contributed by atoms with Crippen molar-refractivity contribution in [3.8, 4) is 16.9 Å². The number of benzene rings is 2. The Morgan fingerprint density at radius 2 is 1.70 bits per heavy atom. The van der Waals surface area contributed by atoms with Gasteiger partial charge in [-0.2, -0.15) is 10.2 Å². The Bertz CT molecular complexity index is 1410. The molecule has 3 heterocycles. The highest BCUT2D eigenvalue weighted by Crippen LogP contribution is 2.28. The smallest absolute Gasteiger partial charge is 0.275 e. The number of aromatic nitrogens is 4. The molecule has 2 aromatic carbocycles. The molecule has 168 valence electrons. The molecular formula is C24H23N5O3S. The van der Waals surface area contributed by atoms with Crippen LogP contribution in [0.4, 0.5) is 5.82 Å². The third kappa shape index (κ3) is 4.31. The zero-order valence-corrected chi connectivity index (χ0v) is 18.9. The van der Waals surface area contributed by atoms with Gasteiger partial charge in [0.2, 0.25) is 0 Å². The second-order valence-electron chi connectivity index (χ2n) is 8.15. The lowest BCUT2D eigenvalue weighted by Crippen LogP contribution is -2.21. The third-order valence-corrected chi connectivity index (χ3v) is 7.42. The zero-order valence-electron chi connectivity index (χ0n) is 18.0. The van der Waals surface area contributed by atoms with Crippen LogP contribution in [0.5, 0.6) is 0 Å². The Morgan fingerprint density at radius 1 is 1.00 bits per heavy atom. The molecule has 0 aliphatic carbocycles. The van der Waals surface area contributed by atoms with E-state index >= 15 is 0 Å². The Kier molecular flexibility index (Phi) is 5.33. The van der Waals surface area contributed by atoms with E-state index in [-0.39, 0.29) is 23.5 Å². The fraction of sp³-hybridized carbons (Fsp3) is 0.208. The van der Waals surface area contributed by atoms with E-state index in [1.165, 1.54) is 0 Å². The summed E-state index contributed by atoms with van der Waals surface area (Å²) in [7, 11) is -3.09. The van der Waals surface area contributed by atoms with Crippen molar-refractivity contribution < 1.29 is 13.2 Å². The van der Waals surface area contributed by atoms with Crippen LogP contribution in [0.2, 0.25) is 0 Å². The average Bonchev–Trinajstić information content (AvgIpc) is 3.51. The molecule has 1 N–H and O–H groups in total. The quantitative estimate of drug-likeness (QED) is 0.489. The molecule has 1 aliphatic heterocycles. The third-order valence-electron chi connectivity index (χ3n) is 5.67. The molecule has 9 heteroatoms. The maximum absolute atomic E-state index is 13.4. The Morgan fingerprint density at radius 3 is 2.36 bits per heavy atom. The highest BCUT2D eigenvalue weighted by molar-refractivity contribution is 7.91. The van der Waals surface area contributed by atoms with Crippen LogP contribution in [0.15, 0.2) is 72.8 Å². The number of anilines is 1. The molecule has 0 spiro atoms. The molecule has 4 aromatic rings. The fourth-order valence-corrected chi connectivity index (χ4v) is 5.79. The van der Waals surface area contributed by atoms with E-state index < -0.39 is 9.84 Å². The summed E-state index contributed by atoms with van der Waals surface area (Å²) in [6.45, 7) is 1.82. The van der Waals surface area contributed by atoms with Gasteiger partial charge in [0.25, 0.3) is 5.91 Å². The zero-order chi connectivity index (χ0) is 23.0. The van der Waals surface area contributed by atoms with Gasteiger partial charge in [0.1, 0.15) is 11.5 Å². The first-order chi connectivity index (χ1) is 15.9. The number of nitrogens with zero attached hydrogens (tertiary/aromatic N) is 4. The monoisotopic (exact) mass is 461 g/mol. The van der Waals surface area contributed by atoms with Crippen LogP contribution in [0.3, 0.4) is 0 Å². The van der Waals surface area contributed by atoms with Crippen molar-refractivity contribution in [1.29, 1.82) is 0 Å². The molecule has 1 saturated heterocycles. The first-order valence-corrected chi connectivity index (χ1v) is 12.5. The van der Waals surface area contributed by atoms with Crippen LogP contribution < -0.4 is 5.32 Å². The summed E-state index contributed by atoms with van der Waals surface area (Å²) in [5.41, 5.74) is 3.41. The molecule has 0 radical (unpaired) electrons. The van der Waals surface area contributed by atoms with Gasteiger partial charge in [-0.3, -0.25) is 4.79 Å². The molecule has 1 atom stereocenters. The lowest BCUT2D eigenvalue weighted by molar-refractivity contribution is 0.101. The van der Waals surface area contributed by atoms with Crippen LogP contribution in [-0.2, 0) is 9.84 Å². The lowest BCUT2D eigenvalue weighted by atomic mass is 10.1. The second-order valence-corrected chi connectivity index (χ2v) is 10.4. The average molecular weight is 462 g/mol. The summed E-state index contributed by atoms with van der Waals surface area (Å²) in [6.07, 6.45) is 0.479. The lowest BCUT2D eigenvalue weighted by Gasteiger charge is -2.14. The van der Waals surface area contributed by atoms with Crippen molar-refractivity contribution >= 4 is 21.6 Å². The van der Waals surface area contributed by atoms with Gasteiger partial charge in [-0.05, 0) is 31.5 Å². The van der Waals surface area contributed by atoms with Gasteiger partial charge >= 0.3 is 0 Å². The highest BCUT2D eigenvalue weighted by atomic mass is 32.2. The Balaban J connectivity index is 1.51. The van der Waals surface area contributed by atoms with E-state index in [1.54, 1.807) is 21.5 Å². The molecular weight excluding hydrogens is 438 g/mol. The predicted octanol–water partition coefficient (Wildman–Crippen LogP) is 3.66. The molecule has 0 bridgehead atoms. The maximum atomic E-state index is 13.4. The summed E-state index contributed by atoms with van der Waals surface area (Å²) in [5.74, 6) is 0.277. The first-order valence-electron chi connectivity index (χ1n) is 10.7. The van der Waals surface area contributed by atoms with Crippen LogP contribution in [0.25, 0.3) is 16.9 Å². The van der Waals surface area contributed by atoms with E-state index in [2.05, 4.69) is 10.4 Å². The van der Waals surface area contributed by atoms with E-state index in [0.29, 0.717) is 29.3 Å². The molecule has 33 heavy (non-hydrogen) atoms. The molecule has 0 saturated carbocycles. The number of nitrogens with one attached hydrogen (secondary N) is 1. The van der Waals surface area contributed by atoms with Gasteiger partial charge in [0.15, 0.2) is 9.84 Å². The summed E-state index contributed by atoms with van der Waals surface area (Å²) < 4.78 is 27.2. The van der Waals surface area contributed by atoms with Crippen LogP contribution >= 0.6 is 0 Å². The van der Waals surface area contributed by atoms with Crippen molar-refractivity contribution in [2.45, 2.75) is 19.4 Å². The normalized spacial score (nSPS) is 17.2. The molecule has 1 unspecified atom stereocenters. The molecule has 5 rings (SSSR count). The number of aryl methyl sites for hydroxylation is 1. The minimum atomic E-state index is -3.09.